The summed E-state index contributed by atoms with van der Waals surface area (Å²) >= 11 is 0. The van der Waals surface area contributed by atoms with Crippen molar-refractivity contribution in [2.24, 2.45) is 5.14 Å². The Morgan fingerprint density at radius 1 is 1.38 bits per heavy atom. The van der Waals surface area contributed by atoms with Crippen LogP contribution in [0.4, 0.5) is 0 Å². The van der Waals surface area contributed by atoms with Gasteiger partial charge in [0, 0.05) is 0 Å². The molecule has 0 aliphatic heterocycles. The van der Waals surface area contributed by atoms with Gasteiger partial charge in [-0.25, -0.2) is 13.6 Å². The van der Waals surface area contributed by atoms with E-state index in [1.165, 1.54) is 12.1 Å². The molecule has 1 amide bonds. The molecule has 1 rings (SSSR count). The van der Waals surface area contributed by atoms with Gasteiger partial charge in [0.25, 0.3) is 0 Å². The molecule has 1 aromatic rings. The minimum atomic E-state index is -3.75. The zero-order valence-electron chi connectivity index (χ0n) is 12.7. The third-order valence-corrected chi connectivity index (χ3v) is 3.61. The maximum absolute atomic E-state index is 11.8. The van der Waals surface area contributed by atoms with E-state index in [-0.39, 0.29) is 23.5 Å². The SMILES string of the molecule is CC(NC(=O)COC(C)(C)C)c1cccc(S(N)(=O)=O)c1. The van der Waals surface area contributed by atoms with Gasteiger partial charge in [0.1, 0.15) is 6.61 Å². The van der Waals surface area contributed by atoms with Gasteiger partial charge in [-0.3, -0.25) is 4.79 Å². The van der Waals surface area contributed by atoms with E-state index in [9.17, 15) is 13.2 Å². The lowest BCUT2D eigenvalue weighted by molar-refractivity contribution is -0.131. The Morgan fingerprint density at radius 2 is 2.00 bits per heavy atom. The monoisotopic (exact) mass is 314 g/mol. The van der Waals surface area contributed by atoms with Crippen LogP contribution in [0, 0.1) is 0 Å². The molecule has 0 saturated carbocycles. The Balaban J connectivity index is 2.72. The number of ether oxygens (including phenoxy) is 1. The molecule has 0 fully saturated rings. The number of nitrogens with one attached hydrogen (secondary N) is 1. The molecule has 6 nitrogen and oxygen atoms in total. The topological polar surface area (TPSA) is 98.5 Å². The number of hydrogen-bond donors (Lipinski definition) is 2. The summed E-state index contributed by atoms with van der Waals surface area (Å²) in [6, 6.07) is 5.83. The van der Waals surface area contributed by atoms with E-state index in [0.717, 1.165) is 0 Å². The van der Waals surface area contributed by atoms with E-state index in [2.05, 4.69) is 5.32 Å². The second kappa shape index (κ2) is 6.55. The van der Waals surface area contributed by atoms with Crippen molar-refractivity contribution >= 4 is 15.9 Å². The van der Waals surface area contributed by atoms with Crippen LogP contribution in [-0.2, 0) is 19.6 Å². The molecule has 7 heteroatoms. The lowest BCUT2D eigenvalue weighted by Gasteiger charge is -2.20. The Kier molecular flexibility index (Phi) is 5.49. The first-order valence-corrected chi connectivity index (χ1v) is 8.10. The van der Waals surface area contributed by atoms with Gasteiger partial charge in [0.15, 0.2) is 0 Å². The van der Waals surface area contributed by atoms with Crippen LogP contribution in [-0.4, -0.2) is 26.5 Å². The molecule has 0 bridgehead atoms. The number of amides is 1. The fourth-order valence-corrected chi connectivity index (χ4v) is 2.18. The van der Waals surface area contributed by atoms with Gasteiger partial charge in [-0.1, -0.05) is 12.1 Å². The van der Waals surface area contributed by atoms with Gasteiger partial charge in [0.05, 0.1) is 16.5 Å². The Bertz CT molecular complexity index is 606. The minimum Gasteiger partial charge on any atom is -0.366 e. The van der Waals surface area contributed by atoms with Gasteiger partial charge in [0.2, 0.25) is 15.9 Å². The van der Waals surface area contributed by atoms with Crippen molar-refractivity contribution in [3.05, 3.63) is 29.8 Å². The van der Waals surface area contributed by atoms with E-state index in [4.69, 9.17) is 9.88 Å². The molecular weight excluding hydrogens is 292 g/mol. The van der Waals surface area contributed by atoms with Crippen molar-refractivity contribution in [1.29, 1.82) is 0 Å². The van der Waals surface area contributed by atoms with Gasteiger partial charge in [-0.2, -0.15) is 0 Å². The largest absolute Gasteiger partial charge is 0.366 e. The van der Waals surface area contributed by atoms with Crippen molar-refractivity contribution < 1.29 is 17.9 Å². The predicted octanol–water partition coefficient (Wildman–Crippen LogP) is 1.33. The summed E-state index contributed by atoms with van der Waals surface area (Å²) in [5, 5.41) is 7.84. The van der Waals surface area contributed by atoms with Crippen LogP contribution < -0.4 is 10.5 Å². The Labute approximate surface area is 125 Å². The van der Waals surface area contributed by atoms with Crippen molar-refractivity contribution in [2.45, 2.75) is 44.2 Å². The summed E-state index contributed by atoms with van der Waals surface area (Å²) in [4.78, 5) is 11.8. The smallest absolute Gasteiger partial charge is 0.246 e. The normalized spacial score (nSPS) is 13.8. The van der Waals surface area contributed by atoms with Crippen LogP contribution in [0.2, 0.25) is 0 Å². The van der Waals surface area contributed by atoms with Crippen LogP contribution in [0.5, 0.6) is 0 Å². The molecule has 0 aliphatic carbocycles. The molecule has 0 aliphatic rings. The van der Waals surface area contributed by atoms with Crippen LogP contribution in [0.1, 0.15) is 39.3 Å². The molecule has 3 N–H and O–H groups in total. The van der Waals surface area contributed by atoms with Gasteiger partial charge in [-0.05, 0) is 45.4 Å². The lowest BCUT2D eigenvalue weighted by Crippen LogP contribution is -2.33. The van der Waals surface area contributed by atoms with Crippen LogP contribution in [0.15, 0.2) is 29.2 Å². The third-order valence-electron chi connectivity index (χ3n) is 2.70. The average molecular weight is 314 g/mol. The summed E-state index contributed by atoms with van der Waals surface area (Å²) < 4.78 is 28.0. The first-order valence-electron chi connectivity index (χ1n) is 6.55. The highest BCUT2D eigenvalue weighted by atomic mass is 32.2. The number of hydrogen-bond acceptors (Lipinski definition) is 4. The highest BCUT2D eigenvalue weighted by Crippen LogP contribution is 2.16. The van der Waals surface area contributed by atoms with Gasteiger partial charge >= 0.3 is 0 Å². The number of carbonyl (C=O) groups is 1. The van der Waals surface area contributed by atoms with E-state index in [1.807, 2.05) is 20.8 Å². The summed E-state index contributed by atoms with van der Waals surface area (Å²) in [5.74, 6) is -0.265. The first kappa shape index (κ1) is 17.6. The van der Waals surface area contributed by atoms with Crippen LogP contribution in [0.25, 0.3) is 0 Å². The molecular formula is C14H22N2O4S. The van der Waals surface area contributed by atoms with Gasteiger partial charge < -0.3 is 10.1 Å². The Hall–Kier alpha value is -1.44. The van der Waals surface area contributed by atoms with Crippen LogP contribution >= 0.6 is 0 Å². The molecule has 118 valence electrons. The highest BCUT2D eigenvalue weighted by molar-refractivity contribution is 7.89. The average Bonchev–Trinajstić information content (AvgIpc) is 2.34. The lowest BCUT2D eigenvalue weighted by atomic mass is 10.1. The maximum Gasteiger partial charge on any atom is 0.246 e. The van der Waals surface area contributed by atoms with E-state index < -0.39 is 15.6 Å². The number of sulfonamides is 1. The summed E-state index contributed by atoms with van der Waals surface area (Å²) in [5.41, 5.74) is 0.263. The zero-order valence-corrected chi connectivity index (χ0v) is 13.5. The molecule has 0 radical (unpaired) electrons. The fraction of sp³-hybridized carbons (Fsp3) is 0.500. The van der Waals surface area contributed by atoms with E-state index >= 15 is 0 Å². The fourth-order valence-electron chi connectivity index (χ4n) is 1.61. The number of benzene rings is 1. The molecule has 0 saturated heterocycles. The maximum atomic E-state index is 11.8. The van der Waals surface area contributed by atoms with E-state index in [0.29, 0.717) is 5.56 Å². The summed E-state index contributed by atoms with van der Waals surface area (Å²) in [6.07, 6.45) is 0. The van der Waals surface area contributed by atoms with Crippen molar-refractivity contribution in [3.63, 3.8) is 0 Å². The molecule has 1 atom stereocenters. The minimum absolute atomic E-state index is 0.0204. The molecule has 0 heterocycles. The van der Waals surface area contributed by atoms with Gasteiger partial charge in [-0.15, -0.1) is 0 Å². The zero-order chi connectivity index (χ0) is 16.3. The summed E-state index contributed by atoms with van der Waals surface area (Å²) in [7, 11) is -3.75. The number of primary sulfonamides is 1. The van der Waals surface area contributed by atoms with E-state index in [1.54, 1.807) is 19.1 Å². The molecule has 21 heavy (non-hydrogen) atoms. The number of rotatable bonds is 5. The number of carbonyl (C=O) groups excluding carboxylic acids is 1. The summed E-state index contributed by atoms with van der Waals surface area (Å²) in [6.45, 7) is 7.29. The molecule has 0 spiro atoms. The first-order chi connectivity index (χ1) is 9.49. The highest BCUT2D eigenvalue weighted by Gasteiger charge is 2.16. The molecule has 1 aromatic carbocycles. The Morgan fingerprint density at radius 3 is 2.52 bits per heavy atom. The second-order valence-electron chi connectivity index (χ2n) is 5.81. The number of nitrogens with two attached hydrogens (primary N) is 1. The van der Waals surface area contributed by atoms with Crippen molar-refractivity contribution in [2.75, 3.05) is 6.61 Å². The predicted molar refractivity (Wildman–Crippen MR) is 80.1 cm³/mol. The molecule has 0 aromatic heterocycles. The quantitative estimate of drug-likeness (QED) is 0.856. The standard InChI is InChI=1S/C14H22N2O4S/c1-10(16-13(17)9-20-14(2,3)4)11-6-5-7-12(8-11)21(15,18)19/h5-8,10H,9H2,1-4H3,(H,16,17)(H2,15,18,19). The molecule has 1 unspecified atom stereocenters. The second-order valence-corrected chi connectivity index (χ2v) is 7.37. The van der Waals surface area contributed by atoms with Crippen molar-refractivity contribution in [3.8, 4) is 0 Å². The van der Waals surface area contributed by atoms with Crippen LogP contribution in [0.3, 0.4) is 0 Å². The van der Waals surface area contributed by atoms with Crippen molar-refractivity contribution in [1.82, 2.24) is 5.32 Å². The third kappa shape index (κ3) is 6.24.